The summed E-state index contributed by atoms with van der Waals surface area (Å²) in [5, 5.41) is 0. The van der Waals surface area contributed by atoms with Gasteiger partial charge < -0.3 is 4.74 Å². The van der Waals surface area contributed by atoms with E-state index >= 15 is 0 Å². The van der Waals surface area contributed by atoms with E-state index in [1.807, 2.05) is 0 Å². The van der Waals surface area contributed by atoms with Crippen LogP contribution in [0.3, 0.4) is 0 Å². The average Bonchev–Trinajstić information content (AvgIpc) is 2.31. The second kappa shape index (κ2) is 4.49. The van der Waals surface area contributed by atoms with Gasteiger partial charge in [0.25, 0.3) is 0 Å². The first kappa shape index (κ1) is 3.56. The first-order valence-corrected chi connectivity index (χ1v) is 3.35. The summed E-state index contributed by atoms with van der Waals surface area (Å²) in [6.45, 7) is 1.46. The van der Waals surface area contributed by atoms with Crippen molar-refractivity contribution in [3.05, 3.63) is 30.0 Å². The van der Waals surface area contributed by atoms with E-state index in [4.69, 9.17) is 8.22 Å². The summed E-state index contributed by atoms with van der Waals surface area (Å²) in [4.78, 5) is 14.8. The fourth-order valence-electron chi connectivity index (χ4n) is 0.553. The predicted molar refractivity (Wildman–Crippen MR) is 44.6 cm³/mol. The number of hydrogen-bond acceptors (Lipinski definition) is 3. The van der Waals surface area contributed by atoms with Crippen LogP contribution in [-0.4, -0.2) is 17.6 Å². The predicted octanol–water partition coefficient (Wildman–Crippen LogP) is 1.19. The molecule has 1 aromatic rings. The SMILES string of the molecule is [2H]c1nc(C([2H])([2H])C(=O)OCC)c([2H])c([2H])c1[2H]. The normalized spacial score (nSPS) is 17.8. The largest absolute Gasteiger partial charge is 0.466 e. The highest BCUT2D eigenvalue weighted by atomic mass is 16.5. The Morgan fingerprint density at radius 3 is 3.42 bits per heavy atom. The van der Waals surface area contributed by atoms with Crippen molar-refractivity contribution < 1.29 is 17.8 Å². The van der Waals surface area contributed by atoms with Crippen molar-refractivity contribution >= 4 is 5.97 Å². The van der Waals surface area contributed by atoms with Crippen molar-refractivity contribution in [1.29, 1.82) is 0 Å². The Kier molecular flexibility index (Phi) is 1.33. The van der Waals surface area contributed by atoms with Crippen molar-refractivity contribution in [3.8, 4) is 0 Å². The second-order valence-corrected chi connectivity index (χ2v) is 1.79. The van der Waals surface area contributed by atoms with Gasteiger partial charge in [0.05, 0.1) is 24.2 Å². The minimum absolute atomic E-state index is 0.0380. The molecule has 0 saturated carbocycles. The maximum Gasteiger partial charge on any atom is 0.311 e. The quantitative estimate of drug-likeness (QED) is 0.641. The van der Waals surface area contributed by atoms with Crippen molar-refractivity contribution in [3.63, 3.8) is 0 Å². The second-order valence-electron chi connectivity index (χ2n) is 1.79. The van der Waals surface area contributed by atoms with Crippen LogP contribution in [-0.2, 0) is 15.9 Å². The summed E-state index contributed by atoms with van der Waals surface area (Å²) in [5.41, 5.74) is -0.674. The zero-order chi connectivity index (χ0) is 14.1. The maximum absolute atomic E-state index is 11.4. The number of pyridine rings is 1. The van der Waals surface area contributed by atoms with Gasteiger partial charge in [0.2, 0.25) is 0 Å². The molecule has 3 nitrogen and oxygen atoms in total. The summed E-state index contributed by atoms with van der Waals surface area (Å²) in [5.74, 6) is -1.23. The van der Waals surface area contributed by atoms with Gasteiger partial charge in [-0.05, 0) is 19.0 Å². The van der Waals surface area contributed by atoms with Crippen LogP contribution in [0.25, 0.3) is 0 Å². The van der Waals surface area contributed by atoms with Crippen LogP contribution < -0.4 is 0 Å². The Labute approximate surface area is 79.8 Å². The molecule has 3 heteroatoms. The Bertz CT molecular complexity index is 490. The first-order chi connectivity index (χ1) is 8.23. The molecular weight excluding hydrogens is 154 g/mol. The summed E-state index contributed by atoms with van der Waals surface area (Å²) >= 11 is 0. The number of nitrogens with zero attached hydrogens (tertiary/aromatic N) is 1. The number of esters is 1. The fourth-order valence-corrected chi connectivity index (χ4v) is 0.553. The van der Waals surface area contributed by atoms with Gasteiger partial charge in [-0.3, -0.25) is 9.78 Å². The van der Waals surface area contributed by atoms with Gasteiger partial charge in [-0.25, -0.2) is 0 Å². The minimum atomic E-state index is -2.72. The van der Waals surface area contributed by atoms with E-state index in [-0.39, 0.29) is 6.61 Å². The highest BCUT2D eigenvalue weighted by molar-refractivity contribution is 5.71. The third-order valence-corrected chi connectivity index (χ3v) is 0.963. The molecule has 0 bridgehead atoms. The average molecular weight is 171 g/mol. The van der Waals surface area contributed by atoms with Crippen molar-refractivity contribution in [2.24, 2.45) is 0 Å². The summed E-state index contributed by atoms with van der Waals surface area (Å²) in [7, 11) is 0. The molecule has 0 spiro atoms. The maximum atomic E-state index is 11.4. The molecule has 1 rings (SSSR count). The molecule has 0 aliphatic carbocycles. The molecule has 1 aromatic heterocycles. The van der Waals surface area contributed by atoms with Crippen LogP contribution in [0.2, 0.25) is 0 Å². The topological polar surface area (TPSA) is 39.2 Å². The van der Waals surface area contributed by atoms with E-state index < -0.39 is 42.3 Å². The van der Waals surface area contributed by atoms with Gasteiger partial charge in [-0.15, -0.1) is 0 Å². The highest BCUT2D eigenvalue weighted by Gasteiger charge is 2.02. The van der Waals surface area contributed by atoms with Gasteiger partial charge in [-0.2, -0.15) is 0 Å². The lowest BCUT2D eigenvalue weighted by Gasteiger charge is -1.99. The zero-order valence-electron chi connectivity index (χ0n) is 12.5. The van der Waals surface area contributed by atoms with Gasteiger partial charge in [0.15, 0.2) is 0 Å². The molecule has 0 saturated heterocycles. The van der Waals surface area contributed by atoms with Crippen molar-refractivity contribution in [2.45, 2.75) is 13.3 Å². The molecule has 0 N–H and O–H groups in total. The minimum Gasteiger partial charge on any atom is -0.466 e. The lowest BCUT2D eigenvalue weighted by Crippen LogP contribution is -2.08. The lowest BCUT2D eigenvalue weighted by atomic mass is 10.3. The van der Waals surface area contributed by atoms with E-state index in [9.17, 15) is 4.79 Å². The number of carbonyl (C=O) groups excluding carboxylic acids is 1. The molecule has 64 valence electrons. The van der Waals surface area contributed by atoms with Crippen LogP contribution >= 0.6 is 0 Å². The Balaban J connectivity index is 3.37. The zero-order valence-corrected chi connectivity index (χ0v) is 6.47. The molecule has 0 aromatic carbocycles. The van der Waals surface area contributed by atoms with E-state index in [2.05, 4.69) is 9.72 Å². The van der Waals surface area contributed by atoms with Crippen LogP contribution in [0, 0.1) is 0 Å². The lowest BCUT2D eigenvalue weighted by molar-refractivity contribution is -0.142. The van der Waals surface area contributed by atoms with E-state index in [1.165, 1.54) is 6.92 Å². The van der Waals surface area contributed by atoms with Gasteiger partial charge in [-0.1, -0.05) is 6.04 Å². The molecule has 0 amide bonds. The number of hydrogen-bond donors (Lipinski definition) is 0. The number of carbonyl (C=O) groups is 1. The molecule has 0 fully saturated rings. The highest BCUT2D eigenvalue weighted by Crippen LogP contribution is 1.95. The smallest absolute Gasteiger partial charge is 0.311 e. The summed E-state index contributed by atoms with van der Waals surface area (Å²) in [6, 6.07) is -1.91. The number of ether oxygens (including phenoxy) is 1. The van der Waals surface area contributed by atoms with Crippen LogP contribution in [0.4, 0.5) is 0 Å². The van der Waals surface area contributed by atoms with E-state index in [0.717, 1.165) is 0 Å². The number of aromatic nitrogens is 1. The molecule has 12 heavy (non-hydrogen) atoms. The Hall–Kier alpha value is -1.38. The fraction of sp³-hybridized carbons (Fsp3) is 0.333. The van der Waals surface area contributed by atoms with Crippen LogP contribution in [0.5, 0.6) is 0 Å². The first-order valence-electron chi connectivity index (χ1n) is 6.35. The van der Waals surface area contributed by atoms with E-state index in [0.29, 0.717) is 0 Å². The third kappa shape index (κ3) is 2.70. The van der Waals surface area contributed by atoms with Crippen LogP contribution in [0.1, 0.15) is 20.8 Å². The van der Waals surface area contributed by atoms with Gasteiger partial charge >= 0.3 is 5.97 Å². The van der Waals surface area contributed by atoms with Crippen molar-refractivity contribution in [1.82, 2.24) is 4.98 Å². The number of rotatable bonds is 3. The molecule has 0 unspecified atom stereocenters. The summed E-state index contributed by atoms with van der Waals surface area (Å²) in [6.07, 6.45) is -3.37. The molecule has 0 aliphatic heterocycles. The van der Waals surface area contributed by atoms with Gasteiger partial charge in [0.1, 0.15) is 0 Å². The van der Waals surface area contributed by atoms with Gasteiger partial charge in [0, 0.05) is 8.91 Å². The molecule has 0 radical (unpaired) electrons. The Morgan fingerprint density at radius 2 is 2.67 bits per heavy atom. The van der Waals surface area contributed by atoms with Crippen LogP contribution in [0.15, 0.2) is 24.3 Å². The third-order valence-electron chi connectivity index (χ3n) is 0.963. The molecule has 0 atom stereocenters. The monoisotopic (exact) mass is 171 g/mol. The molecular formula is C9H11NO2. The van der Waals surface area contributed by atoms with Crippen molar-refractivity contribution in [2.75, 3.05) is 6.61 Å². The molecule has 0 aliphatic rings. The standard InChI is InChI=1S/C9H11NO2/c1-2-12-9(11)7-8-5-3-4-6-10-8/h3-6H,2,7H2,1H3/i3D,4D,5D,6D,7D2. The van der Waals surface area contributed by atoms with E-state index in [1.54, 1.807) is 0 Å². The summed E-state index contributed by atoms with van der Waals surface area (Å²) < 4.78 is 49.1. The Morgan fingerprint density at radius 1 is 1.83 bits per heavy atom. The molecule has 1 heterocycles.